The van der Waals surface area contributed by atoms with E-state index in [-0.39, 0.29) is 0 Å². The molecule has 176 valence electrons. The molecule has 0 aliphatic carbocycles. The van der Waals surface area contributed by atoms with Crippen molar-refractivity contribution >= 4 is 0 Å². The molecule has 8 heteroatoms. The van der Waals surface area contributed by atoms with Gasteiger partial charge in [-0.3, -0.25) is 4.90 Å². The van der Waals surface area contributed by atoms with Crippen LogP contribution >= 0.6 is 0 Å². The average Bonchev–Trinajstić information content (AvgIpc) is 2.41. The van der Waals surface area contributed by atoms with E-state index in [2.05, 4.69) is 47.2 Å². The smallest absolute Gasteiger partial charge is 0.152 e. The van der Waals surface area contributed by atoms with Crippen molar-refractivity contribution in [2.24, 2.45) is 5.73 Å². The van der Waals surface area contributed by atoms with Gasteiger partial charge in [-0.2, -0.15) is 0 Å². The summed E-state index contributed by atoms with van der Waals surface area (Å²) in [5, 5.41) is 31.6. The van der Waals surface area contributed by atoms with Crippen molar-refractivity contribution in [2.45, 2.75) is 31.2 Å². The van der Waals surface area contributed by atoms with E-state index in [1.165, 1.54) is 0 Å². The molecule has 3 atom stereocenters. The molecule has 3 unspecified atom stereocenters. The molecule has 0 aromatic rings. The molecule has 0 aliphatic rings. The van der Waals surface area contributed by atoms with Crippen molar-refractivity contribution in [1.29, 1.82) is 0 Å². The second kappa shape index (κ2) is 12.5. The molecule has 0 saturated heterocycles. The van der Waals surface area contributed by atoms with E-state index in [4.69, 9.17) is 5.73 Å². The quantitative estimate of drug-likeness (QED) is 0.181. The maximum atomic E-state index is 10.7. The summed E-state index contributed by atoms with van der Waals surface area (Å²) in [6.45, 7) is 5.06. The van der Waals surface area contributed by atoms with Crippen LogP contribution in [0, 0.1) is 0 Å². The molecular weight excluding hydrogens is 370 g/mol. The summed E-state index contributed by atoms with van der Waals surface area (Å²) in [7, 11) is 16.5. The molecule has 0 saturated carbocycles. The molecule has 0 amide bonds. The first-order valence-corrected chi connectivity index (χ1v) is 10.9. The summed E-state index contributed by atoms with van der Waals surface area (Å²) in [5.74, 6) is 0. The van der Waals surface area contributed by atoms with Crippen LogP contribution < -0.4 is 5.73 Å². The van der Waals surface area contributed by atoms with E-state index >= 15 is 0 Å². The number of nitrogens with zero attached hydrogens (tertiary/aromatic N) is 4. The second-order valence-corrected chi connectivity index (χ2v) is 11.5. The normalized spacial score (nSPS) is 16.9. The highest BCUT2D eigenvalue weighted by atomic mass is 16.3. The van der Waals surface area contributed by atoms with Crippen LogP contribution in [-0.2, 0) is 0 Å². The van der Waals surface area contributed by atoms with E-state index in [1.807, 2.05) is 14.1 Å². The molecule has 0 rings (SSSR count). The maximum Gasteiger partial charge on any atom is 0.152 e. The fourth-order valence-corrected chi connectivity index (χ4v) is 3.99. The van der Waals surface area contributed by atoms with Gasteiger partial charge in [-0.05, 0) is 25.9 Å². The van der Waals surface area contributed by atoms with Crippen LogP contribution in [0.5, 0.6) is 0 Å². The topological polar surface area (TPSA) is 90.0 Å². The zero-order valence-electron chi connectivity index (χ0n) is 20.5. The first-order valence-electron chi connectivity index (χ1n) is 10.9. The minimum absolute atomic E-state index is 0.413. The molecule has 0 heterocycles. The Labute approximate surface area is 179 Å². The maximum absolute atomic E-state index is 10.7. The fraction of sp³-hybridized carbons (Fsp3) is 1.00. The molecule has 5 N–H and O–H groups in total. The van der Waals surface area contributed by atoms with Gasteiger partial charge in [0.05, 0.1) is 56.4 Å². The Bertz CT molecular complexity index is 435. The molecule has 29 heavy (non-hydrogen) atoms. The van der Waals surface area contributed by atoms with Crippen LogP contribution in [0.25, 0.3) is 0 Å². The first kappa shape index (κ1) is 28.7. The summed E-state index contributed by atoms with van der Waals surface area (Å²) in [6.07, 6.45) is 0.533. The van der Waals surface area contributed by atoms with E-state index in [0.717, 1.165) is 19.4 Å². The lowest BCUT2D eigenvalue weighted by Crippen LogP contribution is -2.55. The van der Waals surface area contributed by atoms with E-state index in [0.29, 0.717) is 59.3 Å². The van der Waals surface area contributed by atoms with Crippen molar-refractivity contribution in [3.05, 3.63) is 0 Å². The Morgan fingerprint density at radius 1 is 0.655 bits per heavy atom. The number of aliphatic hydroxyl groups is 3. The Balaban J connectivity index is 4.77. The van der Waals surface area contributed by atoms with Gasteiger partial charge in [0, 0.05) is 13.1 Å². The number of hydrogen-bond acceptors (Lipinski definition) is 5. The minimum atomic E-state index is -0.518. The molecule has 8 nitrogen and oxygen atoms in total. The van der Waals surface area contributed by atoms with Crippen LogP contribution in [0.1, 0.15) is 12.8 Å². The number of unbranched alkanes of at least 4 members (excludes halogenated alkanes) is 1. The van der Waals surface area contributed by atoms with Gasteiger partial charge < -0.3 is 34.5 Å². The standard InChI is InChI=1S/C21H52N5O3/c1-24(2,3)15-19(27)13-23(12-10-9-11-22)14-20(28)17-26(7,8)18-21(29)16-25(4,5)6/h19-21,27-29H,9-18,22H2,1-8H3/q+3. The number of rotatable bonds is 16. The lowest BCUT2D eigenvalue weighted by Gasteiger charge is -2.37. The Morgan fingerprint density at radius 3 is 1.52 bits per heavy atom. The van der Waals surface area contributed by atoms with E-state index < -0.39 is 18.3 Å². The van der Waals surface area contributed by atoms with Gasteiger partial charge in [-0.15, -0.1) is 0 Å². The number of hydrogen-bond donors (Lipinski definition) is 4. The highest BCUT2D eigenvalue weighted by Crippen LogP contribution is 2.08. The van der Waals surface area contributed by atoms with Crippen molar-refractivity contribution < 1.29 is 28.8 Å². The van der Waals surface area contributed by atoms with Crippen LogP contribution in [0.4, 0.5) is 0 Å². The highest BCUT2D eigenvalue weighted by molar-refractivity contribution is 4.70. The van der Waals surface area contributed by atoms with Crippen molar-refractivity contribution in [1.82, 2.24) is 4.90 Å². The zero-order valence-corrected chi connectivity index (χ0v) is 20.5. The van der Waals surface area contributed by atoms with Crippen molar-refractivity contribution in [3.8, 4) is 0 Å². The van der Waals surface area contributed by atoms with E-state index in [1.54, 1.807) is 0 Å². The predicted octanol–water partition coefficient (Wildman–Crippen LogP) is -1.40. The first-order chi connectivity index (χ1) is 13.0. The lowest BCUT2D eigenvalue weighted by molar-refractivity contribution is -0.909. The summed E-state index contributed by atoms with van der Waals surface area (Å²) in [6, 6.07) is 0. The molecular formula is C21H52N5O3+3. The molecule has 0 aromatic heterocycles. The lowest BCUT2D eigenvalue weighted by atomic mass is 10.2. The molecule has 0 fully saturated rings. The Hall–Kier alpha value is -0.320. The van der Waals surface area contributed by atoms with Crippen LogP contribution in [0.2, 0.25) is 0 Å². The Morgan fingerprint density at radius 2 is 1.07 bits per heavy atom. The summed E-state index contributed by atoms with van der Waals surface area (Å²) in [5.41, 5.74) is 5.63. The highest BCUT2D eigenvalue weighted by Gasteiger charge is 2.29. The second-order valence-electron chi connectivity index (χ2n) is 11.5. The van der Waals surface area contributed by atoms with Crippen LogP contribution in [0.3, 0.4) is 0 Å². The van der Waals surface area contributed by atoms with Gasteiger partial charge in [0.15, 0.2) is 6.10 Å². The molecule has 0 bridgehead atoms. The number of likely N-dealkylation sites (N-methyl/N-ethyl adjacent to an activating group) is 3. The predicted molar refractivity (Wildman–Crippen MR) is 120 cm³/mol. The van der Waals surface area contributed by atoms with Gasteiger partial charge in [0.1, 0.15) is 38.4 Å². The largest absolute Gasteiger partial charge is 0.386 e. The molecule has 0 radical (unpaired) electrons. The SMILES string of the molecule is C[N+](C)(C)CC(O)CN(CCCCN)CC(O)C[N+](C)(C)CC(O)C[N+](C)(C)C. The van der Waals surface area contributed by atoms with Gasteiger partial charge in [0.25, 0.3) is 0 Å². The summed E-state index contributed by atoms with van der Waals surface area (Å²) >= 11 is 0. The van der Waals surface area contributed by atoms with Gasteiger partial charge in [-0.1, -0.05) is 0 Å². The fourth-order valence-electron chi connectivity index (χ4n) is 3.99. The van der Waals surface area contributed by atoms with Crippen molar-refractivity contribution in [3.63, 3.8) is 0 Å². The number of aliphatic hydroxyl groups excluding tert-OH is 3. The molecule has 0 aliphatic heterocycles. The monoisotopic (exact) mass is 422 g/mol. The third-order valence-electron chi connectivity index (χ3n) is 4.79. The number of quaternary nitrogens is 3. The van der Waals surface area contributed by atoms with E-state index in [9.17, 15) is 15.3 Å². The van der Waals surface area contributed by atoms with Gasteiger partial charge >= 0.3 is 0 Å². The number of nitrogens with two attached hydrogens (primary N) is 1. The third kappa shape index (κ3) is 17.1. The van der Waals surface area contributed by atoms with Crippen LogP contribution in [-0.4, -0.2) is 161 Å². The zero-order chi connectivity index (χ0) is 22.9. The third-order valence-corrected chi connectivity index (χ3v) is 4.79. The van der Waals surface area contributed by atoms with Crippen LogP contribution in [0.15, 0.2) is 0 Å². The minimum Gasteiger partial charge on any atom is -0.386 e. The molecule has 0 aromatic carbocycles. The summed E-state index contributed by atoms with van der Waals surface area (Å²) in [4.78, 5) is 2.16. The van der Waals surface area contributed by atoms with Gasteiger partial charge in [-0.25, -0.2) is 0 Å². The van der Waals surface area contributed by atoms with Gasteiger partial charge in [0.2, 0.25) is 0 Å². The summed E-state index contributed by atoms with van der Waals surface area (Å²) < 4.78 is 1.97. The average molecular weight is 423 g/mol. The molecule has 0 spiro atoms. The van der Waals surface area contributed by atoms with Crippen molar-refractivity contribution in [2.75, 3.05) is 109 Å². The Kier molecular flexibility index (Phi) is 12.4.